The van der Waals surface area contributed by atoms with Gasteiger partial charge in [-0.25, -0.2) is 0 Å². The van der Waals surface area contributed by atoms with Crippen LogP contribution in [0.2, 0.25) is 0 Å². The maximum absolute atomic E-state index is 10.4. The minimum absolute atomic E-state index is 0.598. The highest BCUT2D eigenvalue weighted by Crippen LogP contribution is 2.14. The lowest BCUT2D eigenvalue weighted by Crippen LogP contribution is -2.42. The fourth-order valence-electron chi connectivity index (χ4n) is 1.20. The van der Waals surface area contributed by atoms with Gasteiger partial charge in [0.05, 0.1) is 0 Å². The predicted molar refractivity (Wildman–Crippen MR) is 48.1 cm³/mol. The molecule has 1 aliphatic rings. The third-order valence-corrected chi connectivity index (χ3v) is 1.99. The van der Waals surface area contributed by atoms with Crippen LogP contribution in [0, 0.1) is 0 Å². The molecule has 0 fully saturated rings. The Labute approximate surface area is 76.4 Å². The summed E-state index contributed by atoms with van der Waals surface area (Å²) in [4.78, 5) is 10.4. The number of aliphatic hydroxyl groups excluding tert-OH is 1. The van der Waals surface area contributed by atoms with Gasteiger partial charge in [-0.05, 0) is 18.4 Å². The molecule has 0 heterocycles. The molecule has 0 saturated carbocycles. The molecule has 0 amide bonds. The molecule has 0 aromatic carbocycles. The van der Waals surface area contributed by atoms with Crippen molar-refractivity contribution in [3.05, 3.63) is 23.8 Å². The number of allylic oxidation sites excluding steroid dienone is 2. The van der Waals surface area contributed by atoms with Crippen LogP contribution in [0.4, 0.5) is 0 Å². The van der Waals surface area contributed by atoms with Gasteiger partial charge in [-0.3, -0.25) is 4.79 Å². The molecule has 1 rings (SSSR count). The second-order valence-electron chi connectivity index (χ2n) is 2.99. The molecule has 0 radical (unpaired) electrons. The van der Waals surface area contributed by atoms with Crippen LogP contribution in [-0.2, 0) is 4.79 Å². The Balaban J connectivity index is 2.66. The summed E-state index contributed by atoms with van der Waals surface area (Å²) in [6.07, 6.45) is 6.08. The molecule has 0 bridgehead atoms. The summed E-state index contributed by atoms with van der Waals surface area (Å²) in [6, 6.07) is -1.24. The van der Waals surface area contributed by atoms with Gasteiger partial charge in [0.25, 0.3) is 0 Å². The standard InChI is InChI=1S/C9H13NO3/c10-7(9(12)13)8(11)6-4-2-1-3-5-6/h2,4-5,7-8,11H,1,3,10H2,(H,12,13)/t7-,8?/m0/s1. The molecule has 0 aromatic rings. The molecule has 0 aliphatic heterocycles. The second-order valence-corrected chi connectivity index (χ2v) is 2.99. The quantitative estimate of drug-likeness (QED) is 0.576. The number of hydrogen-bond donors (Lipinski definition) is 3. The number of aliphatic carboxylic acids is 1. The smallest absolute Gasteiger partial charge is 0.323 e. The number of nitrogens with two attached hydrogens (primary N) is 1. The van der Waals surface area contributed by atoms with Crippen molar-refractivity contribution in [2.24, 2.45) is 5.73 Å². The first-order valence-electron chi connectivity index (χ1n) is 4.16. The average molecular weight is 183 g/mol. The zero-order valence-electron chi connectivity index (χ0n) is 7.18. The highest BCUT2D eigenvalue weighted by atomic mass is 16.4. The van der Waals surface area contributed by atoms with Crippen molar-refractivity contribution in [2.45, 2.75) is 25.0 Å². The van der Waals surface area contributed by atoms with E-state index in [0.717, 1.165) is 12.8 Å². The van der Waals surface area contributed by atoms with E-state index in [2.05, 4.69) is 0 Å². The summed E-state index contributed by atoms with van der Waals surface area (Å²) in [7, 11) is 0. The SMILES string of the molecule is N[C@H](C(=O)O)C(O)C1=CCCC=C1. The molecule has 1 unspecified atom stereocenters. The van der Waals surface area contributed by atoms with Crippen molar-refractivity contribution < 1.29 is 15.0 Å². The molecule has 2 atom stereocenters. The molecule has 0 aromatic heterocycles. The Morgan fingerprint density at radius 1 is 1.54 bits per heavy atom. The van der Waals surface area contributed by atoms with Gasteiger partial charge in [0, 0.05) is 0 Å². The van der Waals surface area contributed by atoms with Crippen molar-refractivity contribution in [3.8, 4) is 0 Å². The predicted octanol–water partition coefficient (Wildman–Crippen LogP) is 0.0356. The highest BCUT2D eigenvalue weighted by molar-refractivity contribution is 5.74. The first-order chi connectivity index (χ1) is 6.13. The van der Waals surface area contributed by atoms with Crippen molar-refractivity contribution in [1.82, 2.24) is 0 Å². The Bertz CT molecular complexity index is 258. The zero-order valence-corrected chi connectivity index (χ0v) is 7.18. The van der Waals surface area contributed by atoms with Gasteiger partial charge in [0.1, 0.15) is 12.1 Å². The molecule has 0 spiro atoms. The fraction of sp³-hybridized carbons (Fsp3) is 0.444. The maximum atomic E-state index is 10.4. The Morgan fingerprint density at radius 2 is 2.23 bits per heavy atom. The first kappa shape index (κ1) is 9.95. The van der Waals surface area contributed by atoms with E-state index in [-0.39, 0.29) is 0 Å². The average Bonchev–Trinajstić information content (AvgIpc) is 2.17. The monoisotopic (exact) mass is 183 g/mol. The van der Waals surface area contributed by atoms with Crippen molar-refractivity contribution >= 4 is 5.97 Å². The lowest BCUT2D eigenvalue weighted by Gasteiger charge is -2.17. The molecular weight excluding hydrogens is 170 g/mol. The normalized spacial score (nSPS) is 20.6. The van der Waals surface area contributed by atoms with Gasteiger partial charge in [-0.1, -0.05) is 18.2 Å². The number of hydrogen-bond acceptors (Lipinski definition) is 3. The van der Waals surface area contributed by atoms with Gasteiger partial charge in [-0.2, -0.15) is 0 Å². The summed E-state index contributed by atoms with van der Waals surface area (Å²) in [5.74, 6) is -1.19. The van der Waals surface area contributed by atoms with Crippen LogP contribution in [0.1, 0.15) is 12.8 Å². The van der Waals surface area contributed by atoms with Gasteiger partial charge in [0.15, 0.2) is 0 Å². The summed E-state index contributed by atoms with van der Waals surface area (Å²) in [5.41, 5.74) is 5.86. The number of carboxylic acid groups (broad SMARTS) is 1. The lowest BCUT2D eigenvalue weighted by molar-refractivity contribution is -0.140. The van der Waals surface area contributed by atoms with E-state index in [1.165, 1.54) is 0 Å². The number of aliphatic hydroxyl groups is 1. The zero-order chi connectivity index (χ0) is 9.84. The molecule has 0 saturated heterocycles. The van der Waals surface area contributed by atoms with Gasteiger partial charge in [-0.15, -0.1) is 0 Å². The van der Waals surface area contributed by atoms with E-state index >= 15 is 0 Å². The van der Waals surface area contributed by atoms with Crippen LogP contribution in [0.15, 0.2) is 23.8 Å². The largest absolute Gasteiger partial charge is 0.480 e. The maximum Gasteiger partial charge on any atom is 0.323 e. The Kier molecular flexibility index (Phi) is 3.22. The molecule has 4 nitrogen and oxygen atoms in total. The third-order valence-electron chi connectivity index (χ3n) is 1.99. The molecule has 1 aliphatic carbocycles. The van der Waals surface area contributed by atoms with Gasteiger partial charge < -0.3 is 15.9 Å². The van der Waals surface area contributed by atoms with E-state index in [0.29, 0.717) is 5.57 Å². The van der Waals surface area contributed by atoms with E-state index in [9.17, 15) is 9.90 Å². The van der Waals surface area contributed by atoms with E-state index in [1.807, 2.05) is 12.2 Å². The third kappa shape index (κ3) is 2.40. The van der Waals surface area contributed by atoms with Crippen LogP contribution >= 0.6 is 0 Å². The molecular formula is C9H13NO3. The van der Waals surface area contributed by atoms with Gasteiger partial charge in [0.2, 0.25) is 0 Å². The van der Waals surface area contributed by atoms with Crippen LogP contribution in [0.25, 0.3) is 0 Å². The molecule has 4 N–H and O–H groups in total. The minimum Gasteiger partial charge on any atom is -0.480 e. The molecule has 13 heavy (non-hydrogen) atoms. The van der Waals surface area contributed by atoms with E-state index < -0.39 is 18.1 Å². The number of rotatable bonds is 3. The summed E-state index contributed by atoms with van der Waals surface area (Å²) in [5, 5.41) is 18.0. The Morgan fingerprint density at radius 3 is 2.69 bits per heavy atom. The van der Waals surface area contributed by atoms with Crippen molar-refractivity contribution in [3.63, 3.8) is 0 Å². The second kappa shape index (κ2) is 4.20. The van der Waals surface area contributed by atoms with Crippen LogP contribution in [0.3, 0.4) is 0 Å². The fourth-order valence-corrected chi connectivity index (χ4v) is 1.20. The summed E-state index contributed by atoms with van der Waals surface area (Å²) >= 11 is 0. The van der Waals surface area contributed by atoms with Crippen LogP contribution in [0.5, 0.6) is 0 Å². The number of carboxylic acids is 1. The van der Waals surface area contributed by atoms with Crippen molar-refractivity contribution in [1.29, 1.82) is 0 Å². The summed E-state index contributed by atoms with van der Waals surface area (Å²) in [6.45, 7) is 0. The lowest BCUT2D eigenvalue weighted by atomic mass is 9.98. The minimum atomic E-state index is -1.24. The summed E-state index contributed by atoms with van der Waals surface area (Å²) < 4.78 is 0. The van der Waals surface area contributed by atoms with Crippen molar-refractivity contribution in [2.75, 3.05) is 0 Å². The molecule has 72 valence electrons. The van der Waals surface area contributed by atoms with E-state index in [4.69, 9.17) is 10.8 Å². The molecule has 4 heteroatoms. The highest BCUT2D eigenvalue weighted by Gasteiger charge is 2.24. The van der Waals surface area contributed by atoms with Gasteiger partial charge >= 0.3 is 5.97 Å². The van der Waals surface area contributed by atoms with Crippen LogP contribution in [-0.4, -0.2) is 28.3 Å². The van der Waals surface area contributed by atoms with Crippen LogP contribution < -0.4 is 5.73 Å². The number of carbonyl (C=O) groups is 1. The topological polar surface area (TPSA) is 83.6 Å². The first-order valence-corrected chi connectivity index (χ1v) is 4.16. The Hall–Kier alpha value is -1.13. The van der Waals surface area contributed by atoms with E-state index in [1.54, 1.807) is 6.08 Å².